The third-order valence-corrected chi connectivity index (χ3v) is 5.39. The van der Waals surface area contributed by atoms with Crippen LogP contribution in [0.2, 0.25) is 5.02 Å². The number of imide groups is 1. The van der Waals surface area contributed by atoms with Crippen LogP contribution in [0, 0.1) is 13.8 Å². The normalized spacial score (nSPS) is 18.9. The van der Waals surface area contributed by atoms with E-state index in [1.54, 1.807) is 30.3 Å². The van der Waals surface area contributed by atoms with Crippen LogP contribution in [0.25, 0.3) is 0 Å². The Labute approximate surface area is 168 Å². The summed E-state index contributed by atoms with van der Waals surface area (Å²) >= 11 is 5.93. The van der Waals surface area contributed by atoms with Gasteiger partial charge in [-0.1, -0.05) is 36.7 Å². The first kappa shape index (κ1) is 19.9. The summed E-state index contributed by atoms with van der Waals surface area (Å²) in [7, 11) is 0. The molecule has 0 aliphatic carbocycles. The Bertz CT molecular complexity index is 942. The smallest absolute Gasteiger partial charge is 0.325 e. The van der Waals surface area contributed by atoms with E-state index >= 15 is 0 Å². The minimum atomic E-state index is -1.19. The van der Waals surface area contributed by atoms with Crippen LogP contribution in [-0.4, -0.2) is 29.3 Å². The predicted octanol–water partition coefficient (Wildman–Crippen LogP) is 3.75. The molecule has 1 unspecified atom stereocenters. The fourth-order valence-electron chi connectivity index (χ4n) is 3.31. The van der Waals surface area contributed by atoms with Crippen molar-refractivity contribution in [3.63, 3.8) is 0 Å². The first-order valence-electron chi connectivity index (χ1n) is 9.04. The van der Waals surface area contributed by atoms with Gasteiger partial charge in [0, 0.05) is 10.7 Å². The van der Waals surface area contributed by atoms with Crippen LogP contribution >= 0.6 is 11.6 Å². The van der Waals surface area contributed by atoms with Crippen molar-refractivity contribution in [1.82, 2.24) is 10.2 Å². The van der Waals surface area contributed by atoms with E-state index in [2.05, 4.69) is 10.6 Å². The van der Waals surface area contributed by atoms with Gasteiger partial charge in [-0.2, -0.15) is 0 Å². The Morgan fingerprint density at radius 2 is 1.79 bits per heavy atom. The number of nitrogens with zero attached hydrogens (tertiary/aromatic N) is 1. The van der Waals surface area contributed by atoms with E-state index in [0.29, 0.717) is 22.7 Å². The van der Waals surface area contributed by atoms with Gasteiger partial charge in [0.15, 0.2) is 0 Å². The number of anilines is 1. The summed E-state index contributed by atoms with van der Waals surface area (Å²) in [6.45, 7) is 5.39. The highest BCUT2D eigenvalue weighted by molar-refractivity contribution is 6.30. The molecule has 3 rings (SSSR count). The molecule has 6 nitrogen and oxygen atoms in total. The number of carbonyl (C=O) groups excluding carboxylic acids is 3. The standard InChI is InChI=1S/C21H22ClN3O3/c1-4-21(15-6-8-16(22)9-7-15)19(27)25(20(28)24-21)12-18(26)23-17-10-5-13(2)14(3)11-17/h5-11H,4,12H2,1-3H3,(H,23,26)(H,24,28). The molecule has 4 amide bonds. The van der Waals surface area contributed by atoms with Crippen LogP contribution in [0.15, 0.2) is 42.5 Å². The highest BCUT2D eigenvalue weighted by Crippen LogP contribution is 2.33. The van der Waals surface area contributed by atoms with Crippen LogP contribution in [0.3, 0.4) is 0 Å². The van der Waals surface area contributed by atoms with E-state index in [9.17, 15) is 14.4 Å². The zero-order chi connectivity index (χ0) is 20.5. The molecule has 2 aromatic rings. The molecule has 0 spiro atoms. The zero-order valence-corrected chi connectivity index (χ0v) is 16.8. The average Bonchev–Trinajstić information content (AvgIpc) is 2.90. The van der Waals surface area contributed by atoms with Crippen molar-refractivity contribution < 1.29 is 14.4 Å². The lowest BCUT2D eigenvalue weighted by atomic mass is 9.87. The summed E-state index contributed by atoms with van der Waals surface area (Å²) < 4.78 is 0. The number of halogens is 1. The Balaban J connectivity index is 1.78. The molecule has 1 heterocycles. The van der Waals surface area contributed by atoms with Crippen molar-refractivity contribution in [2.45, 2.75) is 32.7 Å². The lowest BCUT2D eigenvalue weighted by Crippen LogP contribution is -2.44. The molecule has 28 heavy (non-hydrogen) atoms. The number of rotatable bonds is 5. The first-order valence-corrected chi connectivity index (χ1v) is 9.42. The number of aryl methyl sites for hydroxylation is 2. The maximum atomic E-state index is 13.1. The summed E-state index contributed by atoms with van der Waals surface area (Å²) in [5.41, 5.74) is 2.22. The van der Waals surface area contributed by atoms with Gasteiger partial charge < -0.3 is 10.6 Å². The largest absolute Gasteiger partial charge is 0.325 e. The molecule has 0 saturated carbocycles. The molecule has 0 radical (unpaired) electrons. The Kier molecular flexibility index (Phi) is 5.42. The van der Waals surface area contributed by atoms with Crippen molar-refractivity contribution in [3.8, 4) is 0 Å². The first-order chi connectivity index (χ1) is 13.3. The monoisotopic (exact) mass is 399 g/mol. The molecular formula is C21H22ClN3O3. The van der Waals surface area contributed by atoms with Crippen molar-refractivity contribution in [1.29, 1.82) is 0 Å². The van der Waals surface area contributed by atoms with Gasteiger partial charge in [0.05, 0.1) is 0 Å². The van der Waals surface area contributed by atoms with Crippen LogP contribution in [0.5, 0.6) is 0 Å². The van der Waals surface area contributed by atoms with Gasteiger partial charge in [0.25, 0.3) is 5.91 Å². The predicted molar refractivity (Wildman–Crippen MR) is 108 cm³/mol. The molecule has 1 aliphatic rings. The molecule has 2 aromatic carbocycles. The van der Waals surface area contributed by atoms with Gasteiger partial charge in [-0.3, -0.25) is 14.5 Å². The third-order valence-electron chi connectivity index (χ3n) is 5.14. The quantitative estimate of drug-likeness (QED) is 0.751. The molecule has 1 fully saturated rings. The maximum absolute atomic E-state index is 13.1. The molecular weight excluding hydrogens is 378 g/mol. The fourth-order valence-corrected chi connectivity index (χ4v) is 3.43. The molecule has 2 N–H and O–H groups in total. The number of nitrogens with one attached hydrogen (secondary N) is 2. The van der Waals surface area contributed by atoms with Gasteiger partial charge in [-0.25, -0.2) is 4.79 Å². The second-order valence-corrected chi connectivity index (χ2v) is 7.37. The molecule has 1 atom stereocenters. The number of hydrogen-bond acceptors (Lipinski definition) is 3. The number of hydrogen-bond donors (Lipinski definition) is 2. The van der Waals surface area contributed by atoms with Gasteiger partial charge >= 0.3 is 6.03 Å². The second-order valence-electron chi connectivity index (χ2n) is 6.93. The summed E-state index contributed by atoms with van der Waals surface area (Å²) in [6, 6.07) is 11.7. The van der Waals surface area contributed by atoms with Crippen molar-refractivity contribution >= 4 is 35.1 Å². The van der Waals surface area contributed by atoms with Gasteiger partial charge in [0.2, 0.25) is 5.91 Å². The van der Waals surface area contributed by atoms with Crippen LogP contribution < -0.4 is 10.6 Å². The SMILES string of the molecule is CCC1(c2ccc(Cl)cc2)NC(=O)N(CC(=O)Nc2ccc(C)c(C)c2)C1=O. The van der Waals surface area contributed by atoms with Crippen LogP contribution in [-0.2, 0) is 15.1 Å². The van der Waals surface area contributed by atoms with Gasteiger partial charge in [-0.05, 0) is 61.2 Å². The lowest BCUT2D eigenvalue weighted by Gasteiger charge is -2.25. The van der Waals surface area contributed by atoms with Crippen LogP contribution in [0.1, 0.15) is 30.0 Å². The average molecular weight is 400 g/mol. The van der Waals surface area contributed by atoms with E-state index in [-0.39, 0.29) is 6.54 Å². The molecule has 7 heteroatoms. The molecule has 146 valence electrons. The van der Waals surface area contributed by atoms with Crippen LogP contribution in [0.4, 0.5) is 10.5 Å². The van der Waals surface area contributed by atoms with E-state index in [1.807, 2.05) is 32.9 Å². The highest BCUT2D eigenvalue weighted by Gasteiger charge is 2.51. The number of amides is 4. The third kappa shape index (κ3) is 3.60. The van der Waals surface area contributed by atoms with E-state index in [4.69, 9.17) is 11.6 Å². The molecule has 0 bridgehead atoms. The summed E-state index contributed by atoms with van der Waals surface area (Å²) in [5, 5.41) is 6.03. The topological polar surface area (TPSA) is 78.5 Å². The Hall–Kier alpha value is -2.86. The molecule has 1 aliphatic heterocycles. The number of carbonyl (C=O) groups is 3. The fraction of sp³-hybridized carbons (Fsp3) is 0.286. The Morgan fingerprint density at radius 3 is 2.39 bits per heavy atom. The van der Waals surface area contributed by atoms with Gasteiger partial charge in [-0.15, -0.1) is 0 Å². The van der Waals surface area contributed by atoms with E-state index < -0.39 is 23.4 Å². The summed E-state index contributed by atoms with van der Waals surface area (Å²) in [6.07, 6.45) is 0.356. The van der Waals surface area contributed by atoms with Crippen molar-refractivity contribution in [3.05, 3.63) is 64.2 Å². The number of benzene rings is 2. The number of urea groups is 1. The minimum absolute atomic E-state index is 0.354. The summed E-state index contributed by atoms with van der Waals surface area (Å²) in [4.78, 5) is 38.9. The van der Waals surface area contributed by atoms with Gasteiger partial charge in [0.1, 0.15) is 12.1 Å². The van der Waals surface area contributed by atoms with E-state index in [1.165, 1.54) is 0 Å². The van der Waals surface area contributed by atoms with Crippen molar-refractivity contribution in [2.24, 2.45) is 0 Å². The Morgan fingerprint density at radius 1 is 1.11 bits per heavy atom. The minimum Gasteiger partial charge on any atom is -0.325 e. The zero-order valence-electron chi connectivity index (χ0n) is 16.0. The van der Waals surface area contributed by atoms with Crippen molar-refractivity contribution in [2.75, 3.05) is 11.9 Å². The molecule has 0 aromatic heterocycles. The highest BCUT2D eigenvalue weighted by atomic mass is 35.5. The molecule has 1 saturated heterocycles. The summed E-state index contributed by atoms with van der Waals surface area (Å²) in [5.74, 6) is -0.882. The second kappa shape index (κ2) is 7.64. The lowest BCUT2D eigenvalue weighted by molar-refractivity contribution is -0.134. The maximum Gasteiger partial charge on any atom is 0.325 e. The van der Waals surface area contributed by atoms with E-state index in [0.717, 1.165) is 16.0 Å².